The molecule has 29 heavy (non-hydrogen) atoms. The number of ether oxygens (including phenoxy) is 1. The van der Waals surface area contributed by atoms with E-state index in [-0.39, 0.29) is 23.0 Å². The fraction of sp³-hybridized carbons (Fsp3) is 0.316. The molecule has 4 nitrogen and oxygen atoms in total. The summed E-state index contributed by atoms with van der Waals surface area (Å²) in [6.07, 6.45) is -3.06. The molecule has 0 bridgehead atoms. The molecule has 2 aromatic carbocycles. The summed E-state index contributed by atoms with van der Waals surface area (Å²) >= 11 is 0.0488. The lowest BCUT2D eigenvalue weighted by atomic mass is 10.1. The van der Waals surface area contributed by atoms with Gasteiger partial charge in [-0.15, -0.1) is 25.6 Å². The Balaban J connectivity index is 0.00000300. The number of fused-ring (bicyclic) bond motifs is 1. The molecule has 0 fully saturated rings. The third-order valence-corrected chi connectivity index (χ3v) is 6.47. The van der Waals surface area contributed by atoms with Gasteiger partial charge in [-0.05, 0) is 36.6 Å². The summed E-state index contributed by atoms with van der Waals surface area (Å²) in [6, 6.07) is 14.0. The van der Waals surface area contributed by atoms with Crippen molar-refractivity contribution in [1.29, 1.82) is 5.41 Å². The Labute approximate surface area is 179 Å². The van der Waals surface area contributed by atoms with Gasteiger partial charge in [-0.1, -0.05) is 52.8 Å². The lowest BCUT2D eigenvalue weighted by molar-refractivity contribution is -0.274. The van der Waals surface area contributed by atoms with Crippen molar-refractivity contribution in [3.63, 3.8) is 0 Å². The van der Waals surface area contributed by atoms with Crippen LogP contribution in [0.5, 0.6) is 5.75 Å². The SMILES string of the molecule is Cl.N=c1sc2cc(OC(F)(F)F)ccc2n1CC[S+]([O-])CCCc1ccccc1. The zero-order chi connectivity index (χ0) is 20.1. The van der Waals surface area contributed by atoms with Crippen molar-refractivity contribution in [3.8, 4) is 5.75 Å². The summed E-state index contributed by atoms with van der Waals surface area (Å²) in [5.41, 5.74) is 1.86. The van der Waals surface area contributed by atoms with Gasteiger partial charge in [-0.3, -0.25) is 5.41 Å². The Morgan fingerprint density at radius 2 is 1.83 bits per heavy atom. The lowest BCUT2D eigenvalue weighted by Gasteiger charge is -2.12. The third kappa shape index (κ3) is 6.95. The Hall–Kier alpha value is -1.68. The first-order chi connectivity index (χ1) is 13.3. The molecule has 0 aliphatic heterocycles. The first-order valence-corrected chi connectivity index (χ1v) is 10.9. The molecule has 0 radical (unpaired) electrons. The van der Waals surface area contributed by atoms with Gasteiger partial charge in [0.1, 0.15) is 17.3 Å². The van der Waals surface area contributed by atoms with E-state index in [1.54, 1.807) is 4.57 Å². The average Bonchev–Trinajstić information content (AvgIpc) is 2.94. The van der Waals surface area contributed by atoms with Crippen LogP contribution in [-0.4, -0.2) is 27.0 Å². The molecule has 0 spiro atoms. The van der Waals surface area contributed by atoms with Crippen molar-refractivity contribution in [2.45, 2.75) is 25.7 Å². The fourth-order valence-electron chi connectivity index (χ4n) is 2.86. The number of nitrogens with zero attached hydrogens (tertiary/aromatic N) is 1. The largest absolute Gasteiger partial charge is 0.616 e. The van der Waals surface area contributed by atoms with Crippen LogP contribution in [0.3, 0.4) is 0 Å². The number of nitrogens with one attached hydrogen (secondary N) is 1. The Bertz CT molecular complexity index is 977. The van der Waals surface area contributed by atoms with Gasteiger partial charge in [-0.25, -0.2) is 0 Å². The molecule has 3 rings (SSSR count). The summed E-state index contributed by atoms with van der Waals surface area (Å²) in [7, 11) is 0. The number of aromatic nitrogens is 1. The minimum Gasteiger partial charge on any atom is -0.616 e. The van der Waals surface area contributed by atoms with E-state index >= 15 is 0 Å². The highest BCUT2D eigenvalue weighted by molar-refractivity contribution is 7.91. The van der Waals surface area contributed by atoms with Gasteiger partial charge in [-0.2, -0.15) is 0 Å². The summed E-state index contributed by atoms with van der Waals surface area (Å²) in [6.45, 7) is 0.385. The zero-order valence-corrected chi connectivity index (χ0v) is 17.7. The lowest BCUT2D eigenvalue weighted by Crippen LogP contribution is -2.21. The maximum atomic E-state index is 12.4. The monoisotopic (exact) mass is 464 g/mol. The van der Waals surface area contributed by atoms with Gasteiger partial charge in [0.2, 0.25) is 0 Å². The second kappa shape index (κ2) is 10.4. The van der Waals surface area contributed by atoms with E-state index in [0.29, 0.717) is 28.3 Å². The van der Waals surface area contributed by atoms with Crippen molar-refractivity contribution in [1.82, 2.24) is 4.57 Å². The molecule has 0 saturated heterocycles. The van der Waals surface area contributed by atoms with Crippen LogP contribution in [0.4, 0.5) is 13.2 Å². The molecule has 0 amide bonds. The predicted octanol–water partition coefficient (Wildman–Crippen LogP) is 4.88. The maximum absolute atomic E-state index is 12.4. The highest BCUT2D eigenvalue weighted by Gasteiger charge is 2.31. The van der Waals surface area contributed by atoms with Gasteiger partial charge in [0.15, 0.2) is 4.80 Å². The minimum absolute atomic E-state index is 0. The summed E-state index contributed by atoms with van der Waals surface area (Å²) in [5, 5.41) is 8.06. The van der Waals surface area contributed by atoms with E-state index in [2.05, 4.69) is 4.74 Å². The van der Waals surface area contributed by atoms with E-state index in [1.165, 1.54) is 23.8 Å². The summed E-state index contributed by atoms with van der Waals surface area (Å²) in [5.74, 6) is 0.671. The maximum Gasteiger partial charge on any atom is 0.573 e. The molecular formula is C19H20ClF3N2O2S2. The highest BCUT2D eigenvalue weighted by atomic mass is 35.5. The average molecular weight is 465 g/mol. The van der Waals surface area contributed by atoms with Crippen LogP contribution >= 0.6 is 23.7 Å². The van der Waals surface area contributed by atoms with Gasteiger partial charge in [0.25, 0.3) is 0 Å². The molecular weight excluding hydrogens is 445 g/mol. The molecule has 158 valence electrons. The van der Waals surface area contributed by atoms with E-state index in [9.17, 15) is 17.7 Å². The molecule has 1 heterocycles. The van der Waals surface area contributed by atoms with Crippen molar-refractivity contribution in [2.75, 3.05) is 11.5 Å². The van der Waals surface area contributed by atoms with Crippen molar-refractivity contribution >= 4 is 45.1 Å². The number of thiazole rings is 1. The van der Waals surface area contributed by atoms with Gasteiger partial charge in [0, 0.05) is 0 Å². The van der Waals surface area contributed by atoms with Gasteiger partial charge < -0.3 is 13.9 Å². The van der Waals surface area contributed by atoms with Crippen molar-refractivity contribution in [3.05, 3.63) is 58.9 Å². The number of hydrogen-bond donors (Lipinski definition) is 1. The Morgan fingerprint density at radius 3 is 2.52 bits per heavy atom. The molecule has 1 unspecified atom stereocenters. The van der Waals surface area contributed by atoms with Crippen LogP contribution in [0, 0.1) is 5.41 Å². The molecule has 10 heteroatoms. The molecule has 3 aromatic rings. The number of aryl methyl sites for hydroxylation is 2. The molecule has 1 atom stereocenters. The van der Waals surface area contributed by atoms with E-state index < -0.39 is 17.5 Å². The Kier molecular flexibility index (Phi) is 8.45. The van der Waals surface area contributed by atoms with Crippen LogP contribution in [0.25, 0.3) is 10.2 Å². The second-order valence-corrected chi connectivity index (χ2v) is 8.90. The van der Waals surface area contributed by atoms with Gasteiger partial charge >= 0.3 is 6.36 Å². The van der Waals surface area contributed by atoms with Crippen LogP contribution < -0.4 is 9.54 Å². The first-order valence-electron chi connectivity index (χ1n) is 8.64. The van der Waals surface area contributed by atoms with Gasteiger partial charge in [0.05, 0.1) is 16.8 Å². The predicted molar refractivity (Wildman–Crippen MR) is 112 cm³/mol. The second-order valence-electron chi connectivity index (χ2n) is 6.17. The quantitative estimate of drug-likeness (QED) is 0.483. The zero-order valence-electron chi connectivity index (χ0n) is 15.3. The third-order valence-electron chi connectivity index (χ3n) is 4.13. The van der Waals surface area contributed by atoms with E-state index in [0.717, 1.165) is 24.2 Å². The summed E-state index contributed by atoms with van der Waals surface area (Å²) in [4.78, 5) is 0.209. The summed E-state index contributed by atoms with van der Waals surface area (Å²) < 4.78 is 55.5. The van der Waals surface area contributed by atoms with Crippen LogP contribution in [0.2, 0.25) is 0 Å². The number of hydrogen-bond acceptors (Lipinski definition) is 4. The Morgan fingerprint density at radius 1 is 1.10 bits per heavy atom. The molecule has 0 aliphatic rings. The molecule has 0 saturated carbocycles. The fourth-order valence-corrected chi connectivity index (χ4v) is 4.89. The number of benzene rings is 2. The number of halogens is 4. The van der Waals surface area contributed by atoms with E-state index in [1.807, 2.05) is 30.3 Å². The van der Waals surface area contributed by atoms with E-state index in [4.69, 9.17) is 5.41 Å². The number of alkyl halides is 3. The van der Waals surface area contributed by atoms with Crippen molar-refractivity contribution < 1.29 is 22.5 Å². The highest BCUT2D eigenvalue weighted by Crippen LogP contribution is 2.27. The standard InChI is InChI=1S/C19H19F3N2O2S2.ClH/c20-19(21,22)26-15-8-9-16-17(13-15)27-18(23)24(16)10-12-28(25)11-4-7-14-5-2-1-3-6-14;/h1-3,5-6,8-9,13,23H,4,7,10-12H2;1H. The van der Waals surface area contributed by atoms with Crippen molar-refractivity contribution in [2.24, 2.45) is 0 Å². The molecule has 1 aromatic heterocycles. The first kappa shape index (κ1) is 23.6. The topological polar surface area (TPSA) is 61.1 Å². The van der Waals surface area contributed by atoms with Crippen LogP contribution in [0.1, 0.15) is 12.0 Å². The van der Waals surface area contributed by atoms with Crippen LogP contribution in [0.15, 0.2) is 48.5 Å². The smallest absolute Gasteiger partial charge is 0.573 e. The normalized spacial score (nSPS) is 12.6. The number of rotatable bonds is 8. The molecule has 1 N–H and O–H groups in total. The molecule has 0 aliphatic carbocycles. The van der Waals surface area contributed by atoms with Crippen LogP contribution in [-0.2, 0) is 24.1 Å². The minimum atomic E-state index is -4.75.